The van der Waals surface area contributed by atoms with E-state index in [4.69, 9.17) is 23.2 Å². The van der Waals surface area contributed by atoms with Gasteiger partial charge < -0.3 is 0 Å². The van der Waals surface area contributed by atoms with Crippen molar-refractivity contribution < 1.29 is 16.8 Å². The van der Waals surface area contributed by atoms with E-state index in [1.165, 1.54) is 42.5 Å². The van der Waals surface area contributed by atoms with Crippen molar-refractivity contribution in [1.29, 1.82) is 0 Å². The second-order valence-corrected chi connectivity index (χ2v) is 11.1. The van der Waals surface area contributed by atoms with Gasteiger partial charge in [-0.3, -0.25) is 0 Å². The number of benzene rings is 3. The molecular formula is C20H17Cl2NO4S2. The van der Waals surface area contributed by atoms with Crippen molar-refractivity contribution in [2.24, 2.45) is 0 Å². The highest BCUT2D eigenvalue weighted by molar-refractivity contribution is 8.10. The predicted molar refractivity (Wildman–Crippen MR) is 116 cm³/mol. The number of nitrogens with zero attached hydrogens (tertiary/aromatic N) is 1. The van der Waals surface area contributed by atoms with E-state index in [1.54, 1.807) is 38.1 Å². The summed E-state index contributed by atoms with van der Waals surface area (Å²) in [4.78, 5) is -0.352. The van der Waals surface area contributed by atoms with Crippen LogP contribution in [0.5, 0.6) is 0 Å². The minimum Gasteiger partial charge on any atom is -0.200 e. The van der Waals surface area contributed by atoms with Gasteiger partial charge in [0, 0.05) is 5.02 Å². The molecule has 0 unspecified atom stereocenters. The van der Waals surface area contributed by atoms with Gasteiger partial charge >= 0.3 is 0 Å². The summed E-state index contributed by atoms with van der Waals surface area (Å²) in [6.45, 7) is 3.60. The zero-order valence-corrected chi connectivity index (χ0v) is 18.6. The van der Waals surface area contributed by atoms with Crippen LogP contribution in [-0.4, -0.2) is 16.8 Å². The van der Waals surface area contributed by atoms with Gasteiger partial charge in [-0.2, -0.15) is 3.71 Å². The molecule has 29 heavy (non-hydrogen) atoms. The first-order valence-electron chi connectivity index (χ1n) is 8.42. The van der Waals surface area contributed by atoms with Crippen LogP contribution in [0.1, 0.15) is 11.1 Å². The minimum absolute atomic E-state index is 0.108. The largest absolute Gasteiger partial charge is 0.277 e. The lowest BCUT2D eigenvalue weighted by Crippen LogP contribution is -2.37. The van der Waals surface area contributed by atoms with Gasteiger partial charge in [0.05, 0.1) is 20.5 Å². The van der Waals surface area contributed by atoms with Crippen LogP contribution in [0.25, 0.3) is 0 Å². The summed E-state index contributed by atoms with van der Waals surface area (Å²) in [5, 5.41) is 0.142. The molecule has 0 bridgehead atoms. The van der Waals surface area contributed by atoms with Gasteiger partial charge in [-0.1, -0.05) is 58.6 Å². The van der Waals surface area contributed by atoms with E-state index in [0.717, 1.165) is 11.1 Å². The van der Waals surface area contributed by atoms with Crippen LogP contribution in [-0.2, 0) is 20.0 Å². The van der Waals surface area contributed by atoms with Gasteiger partial charge in [-0.05, 0) is 56.3 Å². The molecule has 0 saturated heterocycles. The Morgan fingerprint density at radius 2 is 1.07 bits per heavy atom. The minimum atomic E-state index is -4.50. The van der Waals surface area contributed by atoms with Gasteiger partial charge in [0.2, 0.25) is 0 Å². The lowest BCUT2D eigenvalue weighted by molar-refractivity contribution is 0.584. The molecule has 0 atom stereocenters. The standard InChI is InChI=1S/C20H17Cl2NO4S2/c1-14-3-8-17(9-4-14)28(24,25)23(20-12-7-16(21)13-19(20)22)29(26,27)18-10-5-15(2)6-11-18/h3-13H,1-2H3. The zero-order valence-electron chi connectivity index (χ0n) is 15.5. The summed E-state index contributed by atoms with van der Waals surface area (Å²) in [5.41, 5.74) is 1.46. The fourth-order valence-electron chi connectivity index (χ4n) is 2.63. The number of halogens is 2. The lowest BCUT2D eigenvalue weighted by Gasteiger charge is -2.25. The first-order chi connectivity index (χ1) is 13.5. The molecule has 0 heterocycles. The third-order valence-corrected chi connectivity index (χ3v) is 8.90. The van der Waals surface area contributed by atoms with Crippen LogP contribution < -0.4 is 3.71 Å². The Morgan fingerprint density at radius 1 is 0.655 bits per heavy atom. The Bertz CT molecular complexity index is 1180. The Hall–Kier alpha value is -2.06. The molecule has 0 amide bonds. The molecule has 152 valence electrons. The highest BCUT2D eigenvalue weighted by Gasteiger charge is 2.38. The molecule has 0 aliphatic heterocycles. The SMILES string of the molecule is Cc1ccc(S(=O)(=O)N(c2ccc(Cl)cc2Cl)S(=O)(=O)c2ccc(C)cc2)cc1. The molecule has 0 spiro atoms. The average molecular weight is 470 g/mol. The Kier molecular flexibility index (Phi) is 5.96. The maximum absolute atomic E-state index is 13.4. The molecule has 0 radical (unpaired) electrons. The Labute approximate surface area is 180 Å². The van der Waals surface area contributed by atoms with Crippen LogP contribution in [0.2, 0.25) is 10.0 Å². The second kappa shape index (κ2) is 7.99. The van der Waals surface area contributed by atoms with Crippen LogP contribution in [0.4, 0.5) is 5.69 Å². The summed E-state index contributed by atoms with van der Waals surface area (Å²) < 4.78 is 54.0. The van der Waals surface area contributed by atoms with Crippen molar-refractivity contribution in [2.45, 2.75) is 23.6 Å². The Morgan fingerprint density at radius 3 is 1.45 bits per heavy atom. The van der Waals surface area contributed by atoms with Crippen molar-refractivity contribution >= 4 is 48.9 Å². The monoisotopic (exact) mass is 469 g/mol. The molecule has 0 saturated carbocycles. The summed E-state index contributed by atoms with van der Waals surface area (Å²) in [6.07, 6.45) is 0. The maximum atomic E-state index is 13.4. The third-order valence-electron chi connectivity index (χ3n) is 4.18. The van der Waals surface area contributed by atoms with E-state index in [9.17, 15) is 16.8 Å². The predicted octanol–water partition coefficient (Wildman–Crippen LogP) is 5.19. The van der Waals surface area contributed by atoms with Crippen LogP contribution in [0.3, 0.4) is 0 Å². The molecule has 5 nitrogen and oxygen atoms in total. The van der Waals surface area contributed by atoms with E-state index in [0.29, 0.717) is 3.71 Å². The van der Waals surface area contributed by atoms with Crippen LogP contribution in [0, 0.1) is 13.8 Å². The van der Waals surface area contributed by atoms with Crippen LogP contribution >= 0.6 is 23.2 Å². The molecule has 3 rings (SSSR count). The number of rotatable bonds is 5. The molecule has 3 aromatic rings. The van der Waals surface area contributed by atoms with Crippen LogP contribution in [0.15, 0.2) is 76.5 Å². The molecule has 0 aliphatic rings. The van der Waals surface area contributed by atoms with Crippen molar-refractivity contribution in [2.75, 3.05) is 3.71 Å². The highest BCUT2D eigenvalue weighted by Crippen LogP contribution is 2.37. The summed E-state index contributed by atoms with van der Waals surface area (Å²) in [6, 6.07) is 15.7. The van der Waals surface area contributed by atoms with Gasteiger partial charge in [0.25, 0.3) is 20.0 Å². The molecule has 0 aliphatic carbocycles. The summed E-state index contributed by atoms with van der Waals surface area (Å²) in [7, 11) is -9.01. The van der Waals surface area contributed by atoms with Gasteiger partial charge in [-0.15, -0.1) is 0 Å². The van der Waals surface area contributed by atoms with Gasteiger partial charge in [-0.25, -0.2) is 16.8 Å². The van der Waals surface area contributed by atoms with Crippen molar-refractivity contribution in [3.63, 3.8) is 0 Å². The third kappa shape index (κ3) is 4.28. The average Bonchev–Trinajstić information content (AvgIpc) is 2.64. The highest BCUT2D eigenvalue weighted by atomic mass is 35.5. The molecule has 0 fully saturated rings. The summed E-state index contributed by atoms with van der Waals surface area (Å²) >= 11 is 12.1. The van der Waals surface area contributed by atoms with Crippen molar-refractivity contribution in [3.8, 4) is 0 Å². The van der Waals surface area contributed by atoms with Gasteiger partial charge in [0.15, 0.2) is 0 Å². The lowest BCUT2D eigenvalue weighted by atomic mass is 10.2. The van der Waals surface area contributed by atoms with E-state index in [1.807, 2.05) is 0 Å². The van der Waals surface area contributed by atoms with Crippen molar-refractivity contribution in [3.05, 3.63) is 87.9 Å². The van der Waals surface area contributed by atoms with Gasteiger partial charge in [0.1, 0.15) is 0 Å². The number of sulfonamides is 2. The zero-order chi connectivity index (χ0) is 21.4. The van der Waals surface area contributed by atoms with Crippen molar-refractivity contribution in [1.82, 2.24) is 0 Å². The Balaban J connectivity index is 2.30. The normalized spacial score (nSPS) is 12.0. The quantitative estimate of drug-likeness (QED) is 0.514. The maximum Gasteiger partial charge on any atom is 0.277 e. The van der Waals surface area contributed by atoms with E-state index >= 15 is 0 Å². The number of aryl methyl sites for hydroxylation is 2. The molecule has 3 aromatic carbocycles. The fourth-order valence-corrected chi connectivity index (χ4v) is 6.95. The molecular weight excluding hydrogens is 453 g/mol. The van der Waals surface area contributed by atoms with E-state index < -0.39 is 20.0 Å². The van der Waals surface area contributed by atoms with E-state index in [2.05, 4.69) is 0 Å². The smallest absolute Gasteiger partial charge is 0.200 e. The summed E-state index contributed by atoms with van der Waals surface area (Å²) in [5.74, 6) is 0. The second-order valence-electron chi connectivity index (χ2n) is 6.43. The van der Waals surface area contributed by atoms with E-state index in [-0.39, 0.29) is 25.5 Å². The first kappa shape index (κ1) is 21.6. The number of hydrogen-bond acceptors (Lipinski definition) is 4. The molecule has 0 aromatic heterocycles. The number of anilines is 1. The topological polar surface area (TPSA) is 71.5 Å². The molecule has 9 heteroatoms. The molecule has 0 N–H and O–H groups in total. The number of hydrogen-bond donors (Lipinski definition) is 0. The fraction of sp³-hybridized carbons (Fsp3) is 0.100. The first-order valence-corrected chi connectivity index (χ1v) is 12.1.